The monoisotopic (exact) mass is 367 g/mol. The largest absolute Gasteiger partial charge is 0.370 e. The number of hydrogen-bond donors (Lipinski definition) is 2. The van der Waals surface area contributed by atoms with Gasteiger partial charge in [-0.1, -0.05) is 15.9 Å². The van der Waals surface area contributed by atoms with Crippen molar-refractivity contribution < 1.29 is 14.1 Å². The summed E-state index contributed by atoms with van der Waals surface area (Å²) in [7, 11) is 0. The van der Waals surface area contributed by atoms with E-state index in [0.717, 1.165) is 22.7 Å². The number of amides is 1. The fourth-order valence-electron chi connectivity index (χ4n) is 1.72. The molecular weight excluding hydrogens is 357 g/mol. The fraction of sp³-hybridized carbons (Fsp3) is 0.0714. The molecule has 0 spiro atoms. The first kappa shape index (κ1) is 15.9. The van der Waals surface area contributed by atoms with Crippen LogP contribution in [0.1, 0.15) is 0 Å². The molecule has 0 saturated heterocycles. The lowest BCUT2D eigenvalue weighted by Crippen LogP contribution is -2.22. The molecule has 8 heteroatoms. The Balaban J connectivity index is 2.00. The predicted octanol–water partition coefficient (Wildman–Crippen LogP) is 3.55. The lowest BCUT2D eigenvalue weighted by Gasteiger charge is -2.08. The van der Waals surface area contributed by atoms with E-state index in [1.165, 1.54) is 0 Å². The molecule has 0 aromatic heterocycles. The molecule has 0 aliphatic rings. The van der Waals surface area contributed by atoms with E-state index in [4.69, 9.17) is 0 Å². The summed E-state index contributed by atoms with van der Waals surface area (Å²) < 4.78 is 14.0. The van der Waals surface area contributed by atoms with Crippen LogP contribution in [0.4, 0.5) is 21.5 Å². The highest BCUT2D eigenvalue weighted by molar-refractivity contribution is 9.10. The lowest BCUT2D eigenvalue weighted by molar-refractivity contribution is -0.384. The maximum atomic E-state index is 13.2. The van der Waals surface area contributed by atoms with Crippen LogP contribution in [-0.4, -0.2) is 17.4 Å². The molecule has 0 heterocycles. The summed E-state index contributed by atoms with van der Waals surface area (Å²) in [5.74, 6) is -1.03. The standard InChI is InChI=1S/C14H11BrFN3O3/c15-9-1-4-11(5-2-9)18-14(20)8-17-12-7-10(16)3-6-13(12)19(21)22/h1-7,17H,8H2,(H,18,20). The Hall–Kier alpha value is -2.48. The van der Waals surface area contributed by atoms with Crippen LogP contribution in [-0.2, 0) is 4.79 Å². The third kappa shape index (κ3) is 4.26. The zero-order valence-corrected chi connectivity index (χ0v) is 12.8. The average Bonchev–Trinajstić information content (AvgIpc) is 2.47. The van der Waals surface area contributed by atoms with Crippen LogP contribution >= 0.6 is 15.9 Å². The van der Waals surface area contributed by atoms with E-state index < -0.39 is 16.6 Å². The molecule has 2 N–H and O–H groups in total. The molecular formula is C14H11BrFN3O3. The van der Waals surface area contributed by atoms with Gasteiger partial charge in [0.15, 0.2) is 0 Å². The van der Waals surface area contributed by atoms with Crippen molar-refractivity contribution in [2.24, 2.45) is 0 Å². The second-order valence-corrected chi connectivity index (χ2v) is 5.24. The average molecular weight is 368 g/mol. The van der Waals surface area contributed by atoms with Gasteiger partial charge in [0.2, 0.25) is 5.91 Å². The Morgan fingerprint density at radius 3 is 2.55 bits per heavy atom. The summed E-state index contributed by atoms with van der Waals surface area (Å²) in [6.45, 7) is -0.222. The summed E-state index contributed by atoms with van der Waals surface area (Å²) >= 11 is 3.28. The molecule has 0 atom stereocenters. The third-order valence-corrected chi connectivity index (χ3v) is 3.25. The summed E-state index contributed by atoms with van der Waals surface area (Å²) in [4.78, 5) is 22.0. The maximum Gasteiger partial charge on any atom is 0.292 e. The highest BCUT2D eigenvalue weighted by Crippen LogP contribution is 2.24. The number of nitrogens with zero attached hydrogens (tertiary/aromatic N) is 1. The molecule has 2 aromatic rings. The number of nitrogens with one attached hydrogen (secondary N) is 2. The van der Waals surface area contributed by atoms with Crippen molar-refractivity contribution in [1.29, 1.82) is 0 Å². The van der Waals surface area contributed by atoms with Crippen LogP contribution in [0, 0.1) is 15.9 Å². The van der Waals surface area contributed by atoms with Crippen molar-refractivity contribution in [2.75, 3.05) is 17.2 Å². The second-order valence-electron chi connectivity index (χ2n) is 4.33. The van der Waals surface area contributed by atoms with E-state index in [0.29, 0.717) is 5.69 Å². The number of carbonyl (C=O) groups is 1. The third-order valence-electron chi connectivity index (χ3n) is 2.72. The van der Waals surface area contributed by atoms with E-state index in [2.05, 4.69) is 26.6 Å². The van der Waals surface area contributed by atoms with Crippen LogP contribution in [0.5, 0.6) is 0 Å². The molecule has 0 aliphatic heterocycles. The fourth-order valence-corrected chi connectivity index (χ4v) is 1.99. The normalized spacial score (nSPS) is 10.1. The van der Waals surface area contributed by atoms with Crippen molar-refractivity contribution >= 4 is 38.9 Å². The van der Waals surface area contributed by atoms with E-state index >= 15 is 0 Å². The Kier molecular flexibility index (Phi) is 5.05. The molecule has 1 amide bonds. The Labute approximate surface area is 133 Å². The van der Waals surface area contributed by atoms with Gasteiger partial charge < -0.3 is 10.6 Å². The summed E-state index contributed by atoms with van der Waals surface area (Å²) in [6, 6.07) is 9.95. The highest BCUT2D eigenvalue weighted by Gasteiger charge is 2.15. The molecule has 6 nitrogen and oxygen atoms in total. The number of anilines is 2. The van der Waals surface area contributed by atoms with Crippen LogP contribution in [0.2, 0.25) is 0 Å². The molecule has 2 rings (SSSR count). The van der Waals surface area contributed by atoms with Crippen LogP contribution < -0.4 is 10.6 Å². The Morgan fingerprint density at radius 1 is 1.23 bits per heavy atom. The van der Waals surface area contributed by atoms with E-state index in [1.807, 2.05) is 0 Å². The van der Waals surface area contributed by atoms with Gasteiger partial charge in [-0.3, -0.25) is 14.9 Å². The molecule has 22 heavy (non-hydrogen) atoms. The lowest BCUT2D eigenvalue weighted by atomic mass is 10.2. The van der Waals surface area contributed by atoms with E-state index in [9.17, 15) is 19.3 Å². The van der Waals surface area contributed by atoms with Crippen molar-refractivity contribution in [1.82, 2.24) is 0 Å². The predicted molar refractivity (Wildman–Crippen MR) is 84.3 cm³/mol. The zero-order valence-electron chi connectivity index (χ0n) is 11.2. The van der Waals surface area contributed by atoms with Crippen molar-refractivity contribution in [2.45, 2.75) is 0 Å². The second kappa shape index (κ2) is 6.99. The van der Waals surface area contributed by atoms with Crippen LogP contribution in [0.3, 0.4) is 0 Å². The van der Waals surface area contributed by atoms with Gasteiger partial charge in [0, 0.05) is 22.3 Å². The molecule has 2 aromatic carbocycles. The van der Waals surface area contributed by atoms with E-state index in [-0.39, 0.29) is 17.9 Å². The minimum atomic E-state index is -0.644. The maximum absolute atomic E-state index is 13.2. The number of hydrogen-bond acceptors (Lipinski definition) is 4. The smallest absolute Gasteiger partial charge is 0.292 e. The first-order valence-electron chi connectivity index (χ1n) is 6.19. The van der Waals surface area contributed by atoms with Crippen molar-refractivity contribution in [3.63, 3.8) is 0 Å². The van der Waals surface area contributed by atoms with Gasteiger partial charge in [0.05, 0.1) is 11.5 Å². The van der Waals surface area contributed by atoms with Crippen molar-refractivity contribution in [3.05, 3.63) is 62.9 Å². The SMILES string of the molecule is O=C(CNc1cc(F)ccc1[N+](=O)[O-])Nc1ccc(Br)cc1. The summed E-state index contributed by atoms with van der Waals surface area (Å²) in [6.07, 6.45) is 0. The molecule has 0 unspecified atom stereocenters. The van der Waals surface area contributed by atoms with Crippen LogP contribution in [0.25, 0.3) is 0 Å². The number of carbonyl (C=O) groups excluding carboxylic acids is 1. The number of nitro groups is 1. The van der Waals surface area contributed by atoms with Gasteiger partial charge in [0.1, 0.15) is 11.5 Å². The quantitative estimate of drug-likeness (QED) is 0.625. The molecule has 114 valence electrons. The Bertz CT molecular complexity index is 707. The minimum Gasteiger partial charge on any atom is -0.370 e. The Morgan fingerprint density at radius 2 is 1.91 bits per heavy atom. The van der Waals surface area contributed by atoms with Crippen molar-refractivity contribution in [3.8, 4) is 0 Å². The minimum absolute atomic E-state index is 0.0454. The molecule has 0 fully saturated rings. The zero-order chi connectivity index (χ0) is 16.1. The summed E-state index contributed by atoms with van der Waals surface area (Å²) in [5.41, 5.74) is 0.248. The highest BCUT2D eigenvalue weighted by atomic mass is 79.9. The molecule has 0 saturated carbocycles. The first-order valence-corrected chi connectivity index (χ1v) is 6.98. The van der Waals surface area contributed by atoms with Gasteiger partial charge >= 0.3 is 0 Å². The number of rotatable bonds is 5. The molecule has 0 aliphatic carbocycles. The number of halogens is 2. The number of nitro benzene ring substituents is 1. The van der Waals surface area contributed by atoms with Gasteiger partial charge in [-0.2, -0.15) is 0 Å². The van der Waals surface area contributed by atoms with Gasteiger partial charge in [-0.15, -0.1) is 0 Å². The van der Waals surface area contributed by atoms with Gasteiger partial charge in [-0.05, 0) is 30.3 Å². The van der Waals surface area contributed by atoms with Gasteiger partial charge in [0.25, 0.3) is 5.69 Å². The topological polar surface area (TPSA) is 84.3 Å². The first-order chi connectivity index (χ1) is 10.5. The van der Waals surface area contributed by atoms with Gasteiger partial charge in [-0.25, -0.2) is 4.39 Å². The molecule has 0 radical (unpaired) electrons. The van der Waals surface area contributed by atoms with E-state index in [1.54, 1.807) is 24.3 Å². The van der Waals surface area contributed by atoms with Crippen LogP contribution in [0.15, 0.2) is 46.9 Å². The number of benzene rings is 2. The summed E-state index contributed by atoms with van der Waals surface area (Å²) in [5, 5.41) is 16.0. The molecule has 0 bridgehead atoms.